The van der Waals surface area contributed by atoms with Gasteiger partial charge in [-0.05, 0) is 122 Å². The molecule has 6 rings (SSSR count). The fraction of sp³-hybridized carbons (Fsp3) is 0.919. The van der Waals surface area contributed by atoms with Gasteiger partial charge in [0.25, 0.3) is 0 Å². The number of hydrogen-bond donors (Lipinski definition) is 4. The van der Waals surface area contributed by atoms with Crippen molar-refractivity contribution >= 4 is 5.97 Å². The van der Waals surface area contributed by atoms with Crippen LogP contribution in [0.3, 0.4) is 0 Å². The number of hydrogen-bond acceptors (Lipinski definition) is 8. The molecule has 7 unspecified atom stereocenters. The van der Waals surface area contributed by atoms with Crippen LogP contribution in [0, 0.1) is 56.7 Å². The summed E-state index contributed by atoms with van der Waals surface area (Å²) in [4.78, 5) is 14.4. The Balaban J connectivity index is 1.32. The molecule has 8 nitrogen and oxygen atoms in total. The van der Waals surface area contributed by atoms with Crippen LogP contribution in [-0.2, 0) is 19.0 Å². The van der Waals surface area contributed by atoms with Gasteiger partial charge in [-0.2, -0.15) is 0 Å². The Bertz CT molecular complexity index is 1170. The number of aliphatic hydroxyl groups excluding tert-OH is 4. The Morgan fingerprint density at radius 2 is 1.56 bits per heavy atom. The molecular formula is C37H60O8. The van der Waals surface area contributed by atoms with Crippen LogP contribution in [0.2, 0.25) is 0 Å². The highest BCUT2D eigenvalue weighted by atomic mass is 16.7. The summed E-state index contributed by atoms with van der Waals surface area (Å²) in [5, 5.41) is 41.1. The summed E-state index contributed by atoms with van der Waals surface area (Å²) in [6.07, 6.45) is 3.23. The normalized spacial score (nSPS) is 53.8. The Kier molecular flexibility index (Phi) is 8.48. The average molecular weight is 633 g/mol. The lowest BCUT2D eigenvalue weighted by Gasteiger charge is -2.72. The molecule has 0 bridgehead atoms. The maximum absolute atomic E-state index is 14.4. The van der Waals surface area contributed by atoms with E-state index in [2.05, 4.69) is 48.1 Å². The van der Waals surface area contributed by atoms with Gasteiger partial charge >= 0.3 is 5.97 Å². The molecule has 5 aliphatic carbocycles. The molecule has 1 saturated heterocycles. The Morgan fingerprint density at radius 1 is 0.844 bits per heavy atom. The van der Waals surface area contributed by atoms with Crippen molar-refractivity contribution in [2.45, 2.75) is 143 Å². The molecule has 1 aliphatic heterocycles. The lowest BCUT2D eigenvalue weighted by molar-refractivity contribution is -0.299. The number of esters is 1. The molecule has 8 heteroatoms. The van der Waals surface area contributed by atoms with Crippen molar-refractivity contribution < 1.29 is 39.4 Å². The predicted molar refractivity (Wildman–Crippen MR) is 170 cm³/mol. The quantitative estimate of drug-likeness (QED) is 0.247. The molecule has 0 radical (unpaired) electrons. The molecule has 1 heterocycles. The molecule has 45 heavy (non-hydrogen) atoms. The van der Waals surface area contributed by atoms with Gasteiger partial charge in [-0.15, -0.1) is 0 Å². The summed E-state index contributed by atoms with van der Waals surface area (Å²) < 4.78 is 17.7. The Morgan fingerprint density at radius 3 is 2.20 bits per heavy atom. The van der Waals surface area contributed by atoms with E-state index < -0.39 is 42.7 Å². The van der Waals surface area contributed by atoms with Crippen LogP contribution in [0.4, 0.5) is 0 Å². The van der Waals surface area contributed by atoms with Crippen molar-refractivity contribution in [2.24, 2.45) is 56.7 Å². The first-order valence-electron chi connectivity index (χ1n) is 17.7. The van der Waals surface area contributed by atoms with Crippen LogP contribution >= 0.6 is 0 Å². The maximum atomic E-state index is 14.4. The van der Waals surface area contributed by atoms with Gasteiger partial charge in [-0.3, -0.25) is 4.79 Å². The van der Waals surface area contributed by atoms with E-state index in [1.54, 1.807) is 0 Å². The maximum Gasteiger partial charge on any atom is 0.314 e. The zero-order valence-corrected chi connectivity index (χ0v) is 28.8. The van der Waals surface area contributed by atoms with Gasteiger partial charge in [0.15, 0.2) is 0 Å². The molecule has 15 atom stereocenters. The number of aliphatic hydroxyl groups is 4. The monoisotopic (exact) mass is 632 g/mol. The Hall–Kier alpha value is -1.03. The van der Waals surface area contributed by atoms with E-state index in [1.165, 1.54) is 19.3 Å². The number of rotatable bonds is 5. The van der Waals surface area contributed by atoms with Gasteiger partial charge in [-0.25, -0.2) is 0 Å². The second-order valence-electron chi connectivity index (χ2n) is 17.5. The van der Waals surface area contributed by atoms with E-state index in [1.807, 2.05) is 7.11 Å². The first-order valence-corrected chi connectivity index (χ1v) is 17.7. The zero-order valence-electron chi connectivity index (χ0n) is 28.8. The molecule has 0 spiro atoms. The van der Waals surface area contributed by atoms with Crippen LogP contribution in [0.15, 0.2) is 12.2 Å². The van der Waals surface area contributed by atoms with Crippen molar-refractivity contribution in [3.8, 4) is 0 Å². The third-order valence-corrected chi connectivity index (χ3v) is 15.8. The smallest absolute Gasteiger partial charge is 0.314 e. The number of carbonyl (C=O) groups is 1. The van der Waals surface area contributed by atoms with Crippen molar-refractivity contribution in [1.29, 1.82) is 0 Å². The summed E-state index contributed by atoms with van der Waals surface area (Å²) in [6.45, 7) is 18.6. The highest BCUT2D eigenvalue weighted by Crippen LogP contribution is 2.77. The van der Waals surface area contributed by atoms with Crippen molar-refractivity contribution in [3.63, 3.8) is 0 Å². The fourth-order valence-corrected chi connectivity index (χ4v) is 13.3. The third-order valence-electron chi connectivity index (χ3n) is 15.8. The lowest BCUT2D eigenvalue weighted by atomic mass is 9.32. The minimum Gasteiger partial charge on any atom is -0.432 e. The minimum atomic E-state index is -1.60. The zero-order chi connectivity index (χ0) is 32.9. The van der Waals surface area contributed by atoms with E-state index in [0.717, 1.165) is 37.7 Å². The number of fused-ring (bicyclic) bond motifs is 7. The van der Waals surface area contributed by atoms with Gasteiger partial charge in [-0.1, -0.05) is 46.8 Å². The van der Waals surface area contributed by atoms with Crippen molar-refractivity contribution in [1.82, 2.24) is 0 Å². The predicted octanol–water partition coefficient (Wildman–Crippen LogP) is 5.00. The Labute approximate surface area is 270 Å². The standard InChI is InChI=1S/C37H60O8/c1-20(2)21-11-16-37(32(42)45-31-30(41)29(40)28(39)23(19-38)44-31)18-17-35(6)22(27(21)37)9-10-25-34(5)14-13-26(43-8)33(3,4)24(34)12-15-36(25,35)7/h21-31,38-41H,1,9-19H2,2-8H3/t21-,22?,23?,24?,25?,26-,27?,28+,29?,30?,31-,34-,35+,36+,37-/m0/s1. The van der Waals surface area contributed by atoms with Gasteiger partial charge in [0.2, 0.25) is 6.29 Å². The summed E-state index contributed by atoms with van der Waals surface area (Å²) in [7, 11) is 1.88. The van der Waals surface area contributed by atoms with Crippen molar-refractivity contribution in [2.75, 3.05) is 13.7 Å². The van der Waals surface area contributed by atoms with Gasteiger partial charge in [0, 0.05) is 7.11 Å². The summed E-state index contributed by atoms with van der Waals surface area (Å²) in [6, 6.07) is 0. The van der Waals surface area contributed by atoms with E-state index in [-0.39, 0.29) is 39.5 Å². The highest BCUT2D eigenvalue weighted by Gasteiger charge is 2.72. The number of allylic oxidation sites excluding steroid dienone is 1. The van der Waals surface area contributed by atoms with Gasteiger partial charge < -0.3 is 34.6 Å². The topological polar surface area (TPSA) is 126 Å². The van der Waals surface area contributed by atoms with Crippen molar-refractivity contribution in [3.05, 3.63) is 12.2 Å². The largest absolute Gasteiger partial charge is 0.432 e. The van der Waals surface area contributed by atoms with Gasteiger partial charge in [0.1, 0.15) is 24.4 Å². The second kappa shape index (κ2) is 11.3. The van der Waals surface area contributed by atoms with E-state index in [9.17, 15) is 25.2 Å². The molecule has 4 N–H and O–H groups in total. The number of carbonyl (C=O) groups excluding carboxylic acids is 1. The highest BCUT2D eigenvalue weighted by molar-refractivity contribution is 5.78. The molecular weight excluding hydrogens is 572 g/mol. The van der Waals surface area contributed by atoms with Gasteiger partial charge in [0.05, 0.1) is 18.1 Å². The minimum absolute atomic E-state index is 0.0573. The molecule has 5 saturated carbocycles. The average Bonchev–Trinajstić information content (AvgIpc) is 3.39. The first kappa shape index (κ1) is 33.9. The van der Waals surface area contributed by atoms with E-state index in [4.69, 9.17) is 14.2 Å². The van der Waals surface area contributed by atoms with Crippen LogP contribution in [0.5, 0.6) is 0 Å². The summed E-state index contributed by atoms with van der Waals surface area (Å²) >= 11 is 0. The molecule has 0 aromatic carbocycles. The first-order chi connectivity index (χ1) is 21.0. The van der Waals surface area contributed by atoms with Crippen LogP contribution in [0.25, 0.3) is 0 Å². The molecule has 6 aliphatic rings. The van der Waals surface area contributed by atoms with Crippen LogP contribution < -0.4 is 0 Å². The van der Waals surface area contributed by atoms with Crippen LogP contribution in [0.1, 0.15) is 106 Å². The van der Waals surface area contributed by atoms with Crippen LogP contribution in [-0.4, -0.2) is 76.9 Å². The fourth-order valence-electron chi connectivity index (χ4n) is 13.3. The molecule has 6 fully saturated rings. The third kappa shape index (κ3) is 4.55. The number of methoxy groups -OCH3 is 1. The number of ether oxygens (including phenoxy) is 3. The SMILES string of the molecule is C=C(C)[C@@H]1CC[C@]2(C(=O)O[C@@H]3OC(CO)[C@@H](O)C(O)C3O)CC[C@]3(C)C(CCC4[C@@]5(C)CC[C@H](OC)C(C)(C)C5CC[C@]43C)C12. The lowest BCUT2D eigenvalue weighted by Crippen LogP contribution is -2.67. The molecule has 256 valence electrons. The van der Waals surface area contributed by atoms with E-state index >= 15 is 0 Å². The second-order valence-corrected chi connectivity index (χ2v) is 17.5. The van der Waals surface area contributed by atoms with E-state index in [0.29, 0.717) is 36.7 Å². The summed E-state index contributed by atoms with van der Waals surface area (Å²) in [5.74, 6) is 1.47. The summed E-state index contributed by atoms with van der Waals surface area (Å²) in [5.41, 5.74) is 0.978. The molecule has 0 aromatic heterocycles. The molecule has 0 amide bonds. The molecule has 0 aromatic rings.